The van der Waals surface area contributed by atoms with E-state index in [0.29, 0.717) is 11.1 Å². The normalized spacial score (nSPS) is 14.8. The first kappa shape index (κ1) is 26.8. The number of alkyl halides is 3. The van der Waals surface area contributed by atoms with Gasteiger partial charge in [-0.3, -0.25) is 6.08 Å². The molecule has 0 fully saturated rings. The third-order valence-corrected chi connectivity index (χ3v) is 4.99. The molecule has 0 aliphatic heterocycles. The number of phenols is 1. The Hall–Kier alpha value is -1.20. The molecule has 0 amide bonds. The van der Waals surface area contributed by atoms with Crippen LogP contribution < -0.4 is 0 Å². The van der Waals surface area contributed by atoms with Crippen LogP contribution in [0.4, 0.5) is 13.2 Å². The fourth-order valence-corrected chi connectivity index (χ4v) is 2.96. The predicted octanol–water partition coefficient (Wildman–Crippen LogP) is 8.57. The van der Waals surface area contributed by atoms with Crippen LogP contribution in [-0.4, -0.2) is 5.11 Å². The fourth-order valence-electron chi connectivity index (χ4n) is 2.96. The van der Waals surface area contributed by atoms with Crippen molar-refractivity contribution >= 4 is 18.6 Å². The summed E-state index contributed by atoms with van der Waals surface area (Å²) in [4.78, 5) is 0. The van der Waals surface area contributed by atoms with Crippen LogP contribution >= 0.6 is 18.6 Å². The van der Waals surface area contributed by atoms with Gasteiger partial charge in [0.15, 0.2) is 0 Å². The van der Waals surface area contributed by atoms with E-state index >= 15 is 0 Å². The molecule has 0 saturated heterocycles. The van der Waals surface area contributed by atoms with Gasteiger partial charge in [0.25, 0.3) is 0 Å². The van der Waals surface area contributed by atoms with Crippen molar-refractivity contribution in [1.29, 1.82) is 0 Å². The Bertz CT molecular complexity index is 901. The summed E-state index contributed by atoms with van der Waals surface area (Å²) in [6.07, 6.45) is -0.901. The summed E-state index contributed by atoms with van der Waals surface area (Å²) < 4.78 is 37.1. The maximum absolute atomic E-state index is 12.4. The molecule has 1 aliphatic carbocycles. The third kappa shape index (κ3) is 7.49. The molecule has 1 nitrogen and oxygen atoms in total. The summed E-state index contributed by atoms with van der Waals surface area (Å²) in [6.45, 7) is 10.9. The van der Waals surface area contributed by atoms with Crippen molar-refractivity contribution in [1.82, 2.24) is 0 Å². The summed E-state index contributed by atoms with van der Waals surface area (Å²) in [5.41, 5.74) is 4.76. The molecule has 1 N–H and O–H groups in total. The van der Waals surface area contributed by atoms with Crippen molar-refractivity contribution in [3.8, 4) is 16.9 Å². The SMILES string of the molecule is CC1=[C-]C(C)(C)C(C)=C1C.Oc1ccccc1-c1ccc(C(F)(F)F)cc1.[Cl][Ti][Cl]. The molecule has 0 aromatic heterocycles. The number of hydrogen-bond donors (Lipinski definition) is 1. The molecule has 0 unspecified atom stereocenters. The second-order valence-corrected chi connectivity index (χ2v) is 9.87. The van der Waals surface area contributed by atoms with Gasteiger partial charge in [0.1, 0.15) is 5.75 Å². The third-order valence-electron chi connectivity index (χ3n) is 4.99. The van der Waals surface area contributed by atoms with Gasteiger partial charge < -0.3 is 5.11 Å². The molecule has 0 heterocycles. The molecule has 7 heteroatoms. The summed E-state index contributed by atoms with van der Waals surface area (Å²) >= 11 is -0.556. The van der Waals surface area contributed by atoms with Gasteiger partial charge in [0, 0.05) is 5.56 Å². The molecule has 2 aromatic rings. The Balaban J connectivity index is 0.000000294. The van der Waals surface area contributed by atoms with E-state index in [1.54, 1.807) is 18.2 Å². The zero-order chi connectivity index (χ0) is 23.1. The molecular weight excluding hydrogens is 468 g/mol. The molecular formula is C23H24Cl2F3OTi-. The van der Waals surface area contributed by atoms with Crippen molar-refractivity contribution in [2.75, 3.05) is 0 Å². The van der Waals surface area contributed by atoms with Gasteiger partial charge in [0.05, 0.1) is 5.56 Å². The van der Waals surface area contributed by atoms with Crippen LogP contribution in [0.25, 0.3) is 11.1 Å². The topological polar surface area (TPSA) is 20.2 Å². The van der Waals surface area contributed by atoms with Gasteiger partial charge in [-0.1, -0.05) is 63.4 Å². The van der Waals surface area contributed by atoms with Crippen molar-refractivity contribution in [3.05, 3.63) is 76.9 Å². The van der Waals surface area contributed by atoms with E-state index in [0.717, 1.165) is 12.1 Å². The van der Waals surface area contributed by atoms with E-state index in [2.05, 4.69) is 40.7 Å². The average Bonchev–Trinajstić information content (AvgIpc) is 2.84. The summed E-state index contributed by atoms with van der Waals surface area (Å²) in [6, 6.07) is 11.2. The van der Waals surface area contributed by atoms with Crippen molar-refractivity contribution in [3.63, 3.8) is 0 Å². The zero-order valence-corrected chi connectivity index (χ0v) is 20.5. The minimum atomic E-state index is -4.34. The predicted molar refractivity (Wildman–Crippen MR) is 115 cm³/mol. The van der Waals surface area contributed by atoms with Gasteiger partial charge in [-0.2, -0.15) is 24.3 Å². The van der Waals surface area contributed by atoms with Crippen LogP contribution in [0, 0.1) is 11.5 Å². The Kier molecular flexibility index (Phi) is 10.2. The van der Waals surface area contributed by atoms with Gasteiger partial charge in [-0.25, -0.2) is 5.57 Å². The van der Waals surface area contributed by atoms with Crippen molar-refractivity contribution < 1.29 is 35.3 Å². The molecule has 0 radical (unpaired) electrons. The number of aromatic hydroxyl groups is 1. The standard InChI is InChI=1S/C13H9F3O.C10H15.2ClH.Ti/c14-13(15,16)10-7-5-9(6-8-10)11-3-1-2-4-12(11)17;1-7-6-10(4,5)9(3)8(7)2;;;/h1-8,17H;1-5H3;2*1H;/q;-1;;;+2/p-2. The second-order valence-electron chi connectivity index (χ2n) is 7.29. The summed E-state index contributed by atoms with van der Waals surface area (Å²) in [5.74, 6) is 0.0484. The minimum absolute atomic E-state index is 0.0484. The van der Waals surface area contributed by atoms with Gasteiger partial charge >= 0.3 is 41.8 Å². The zero-order valence-electron chi connectivity index (χ0n) is 17.5. The number of phenolic OH excluding ortho intramolecular Hbond substituents is 1. The van der Waals surface area contributed by atoms with E-state index in [4.69, 9.17) is 18.6 Å². The Morgan fingerprint density at radius 3 is 1.77 bits per heavy atom. The number of allylic oxidation sites excluding steroid dienone is 4. The average molecular weight is 492 g/mol. The molecule has 1 aliphatic rings. The van der Waals surface area contributed by atoms with Gasteiger partial charge in [-0.05, 0) is 23.8 Å². The first-order chi connectivity index (χ1) is 13.8. The fraction of sp³-hybridized carbons (Fsp3) is 0.304. The summed E-state index contributed by atoms with van der Waals surface area (Å²) in [7, 11) is 9.78. The molecule has 2 aromatic carbocycles. The summed E-state index contributed by atoms with van der Waals surface area (Å²) in [5, 5.41) is 9.57. The number of halogens is 5. The number of benzene rings is 2. The molecule has 0 spiro atoms. The number of para-hydroxylation sites is 1. The van der Waals surface area contributed by atoms with Crippen LogP contribution in [0.3, 0.4) is 0 Å². The van der Waals surface area contributed by atoms with Crippen LogP contribution in [-0.2, 0) is 23.2 Å². The number of hydrogen-bond acceptors (Lipinski definition) is 1. The van der Waals surface area contributed by atoms with Gasteiger partial charge in [0.2, 0.25) is 0 Å². The Morgan fingerprint density at radius 1 is 0.933 bits per heavy atom. The van der Waals surface area contributed by atoms with Crippen molar-refractivity contribution in [2.24, 2.45) is 5.41 Å². The van der Waals surface area contributed by atoms with Crippen LogP contribution in [0.1, 0.15) is 40.2 Å². The van der Waals surface area contributed by atoms with Crippen LogP contribution in [0.2, 0.25) is 0 Å². The Labute approximate surface area is 193 Å². The van der Waals surface area contributed by atoms with Gasteiger partial charge in [-0.15, -0.1) is 6.92 Å². The van der Waals surface area contributed by atoms with E-state index < -0.39 is 28.8 Å². The van der Waals surface area contributed by atoms with Crippen LogP contribution in [0.15, 0.2) is 65.3 Å². The molecule has 0 bridgehead atoms. The van der Waals surface area contributed by atoms with Crippen molar-refractivity contribution in [2.45, 2.75) is 40.8 Å². The first-order valence-electron chi connectivity index (χ1n) is 9.07. The molecule has 0 saturated carbocycles. The van der Waals surface area contributed by atoms with E-state index in [-0.39, 0.29) is 11.2 Å². The second kappa shape index (κ2) is 11.4. The number of rotatable bonds is 1. The molecule has 30 heavy (non-hydrogen) atoms. The molecule has 0 atom stereocenters. The van der Waals surface area contributed by atoms with Crippen LogP contribution in [0.5, 0.6) is 5.75 Å². The van der Waals surface area contributed by atoms with E-state index in [1.165, 1.54) is 34.9 Å². The maximum atomic E-state index is 12.4. The van der Waals surface area contributed by atoms with E-state index in [1.807, 2.05) is 0 Å². The molecule has 162 valence electrons. The van der Waals surface area contributed by atoms with E-state index in [9.17, 15) is 18.3 Å². The molecule has 3 rings (SSSR count). The quantitative estimate of drug-likeness (QED) is 0.313. The first-order valence-corrected chi connectivity index (χ1v) is 13.4. The monoisotopic (exact) mass is 491 g/mol. The Morgan fingerprint density at radius 2 is 1.43 bits per heavy atom.